The van der Waals surface area contributed by atoms with Crippen LogP contribution < -0.4 is 15.0 Å². The Balaban J connectivity index is 2.13. The quantitative estimate of drug-likeness (QED) is 0.853. The molecule has 0 aliphatic heterocycles. The third-order valence-corrected chi connectivity index (χ3v) is 3.79. The van der Waals surface area contributed by atoms with Gasteiger partial charge in [0, 0.05) is 19.8 Å². The summed E-state index contributed by atoms with van der Waals surface area (Å²) in [7, 11) is 3.29. The van der Waals surface area contributed by atoms with Crippen LogP contribution in [0.25, 0.3) is 0 Å². The monoisotopic (exact) mass is 366 g/mol. The number of nitrogens with zero attached hydrogens (tertiary/aromatic N) is 1. The lowest BCUT2D eigenvalue weighted by molar-refractivity contribution is -0.137. The Morgan fingerprint density at radius 1 is 1.12 bits per heavy atom. The summed E-state index contributed by atoms with van der Waals surface area (Å²) in [6, 6.07) is 9.21. The van der Waals surface area contributed by atoms with Crippen molar-refractivity contribution in [1.29, 1.82) is 0 Å². The fourth-order valence-electron chi connectivity index (χ4n) is 2.44. The summed E-state index contributed by atoms with van der Waals surface area (Å²) >= 11 is 0. The van der Waals surface area contributed by atoms with Gasteiger partial charge < -0.3 is 15.0 Å². The predicted octanol–water partition coefficient (Wildman–Crippen LogP) is 4.41. The van der Waals surface area contributed by atoms with Gasteiger partial charge in [0.25, 0.3) is 5.91 Å². The molecular weight excluding hydrogens is 345 g/mol. The second-order valence-electron chi connectivity index (χ2n) is 6.23. The number of amides is 1. The molecule has 2 aromatic carbocycles. The van der Waals surface area contributed by atoms with E-state index in [4.69, 9.17) is 4.74 Å². The van der Waals surface area contributed by atoms with Crippen LogP contribution in [0, 0.1) is 13.8 Å². The van der Waals surface area contributed by atoms with Crippen LogP contribution in [-0.4, -0.2) is 26.6 Å². The molecule has 0 aromatic heterocycles. The van der Waals surface area contributed by atoms with Crippen molar-refractivity contribution in [2.45, 2.75) is 20.0 Å². The maximum atomic E-state index is 13.3. The van der Waals surface area contributed by atoms with Crippen LogP contribution in [0.2, 0.25) is 0 Å². The highest BCUT2D eigenvalue weighted by Gasteiger charge is 2.34. The number of ether oxygens (including phenoxy) is 1. The first-order valence-electron chi connectivity index (χ1n) is 7.96. The summed E-state index contributed by atoms with van der Waals surface area (Å²) in [5, 5.41) is 2.28. The molecule has 1 N–H and O–H groups in total. The molecule has 0 aliphatic carbocycles. The Labute approximate surface area is 150 Å². The number of nitrogens with one attached hydrogen (secondary N) is 1. The van der Waals surface area contributed by atoms with Crippen molar-refractivity contribution < 1.29 is 22.7 Å². The number of hydrogen-bond donors (Lipinski definition) is 1. The van der Waals surface area contributed by atoms with Crippen molar-refractivity contribution in [2.24, 2.45) is 0 Å². The van der Waals surface area contributed by atoms with Gasteiger partial charge in [0.1, 0.15) is 5.75 Å². The molecule has 0 atom stereocenters. The van der Waals surface area contributed by atoms with Gasteiger partial charge in [-0.25, -0.2) is 0 Å². The largest absolute Gasteiger partial charge is 0.483 e. The van der Waals surface area contributed by atoms with E-state index in [1.165, 1.54) is 12.1 Å². The molecule has 0 radical (unpaired) electrons. The molecular formula is C19H21F3N2O2. The Kier molecular flexibility index (Phi) is 5.79. The topological polar surface area (TPSA) is 41.6 Å². The van der Waals surface area contributed by atoms with E-state index < -0.39 is 17.6 Å². The van der Waals surface area contributed by atoms with Crippen LogP contribution >= 0.6 is 0 Å². The number of benzene rings is 2. The maximum absolute atomic E-state index is 13.3. The fourth-order valence-corrected chi connectivity index (χ4v) is 2.44. The lowest BCUT2D eigenvalue weighted by atomic mass is 10.1. The summed E-state index contributed by atoms with van der Waals surface area (Å²) in [5.74, 6) is -0.141. The first-order valence-corrected chi connectivity index (χ1v) is 7.96. The molecule has 7 heteroatoms. The average molecular weight is 366 g/mol. The van der Waals surface area contributed by atoms with Gasteiger partial charge in [-0.3, -0.25) is 4.79 Å². The van der Waals surface area contributed by atoms with E-state index in [1.807, 2.05) is 26.0 Å². The Morgan fingerprint density at radius 2 is 1.81 bits per heavy atom. The van der Waals surface area contributed by atoms with Crippen molar-refractivity contribution in [2.75, 3.05) is 30.9 Å². The van der Waals surface area contributed by atoms with Gasteiger partial charge in [0.05, 0.1) is 11.3 Å². The van der Waals surface area contributed by atoms with Gasteiger partial charge >= 0.3 is 6.18 Å². The second kappa shape index (κ2) is 7.68. The number of aryl methyl sites for hydroxylation is 2. The van der Waals surface area contributed by atoms with Gasteiger partial charge in [-0.15, -0.1) is 0 Å². The van der Waals surface area contributed by atoms with E-state index in [0.717, 1.165) is 17.2 Å². The smallest absolute Gasteiger partial charge is 0.418 e. The molecule has 2 rings (SSSR count). The van der Waals surface area contributed by atoms with E-state index in [1.54, 1.807) is 25.1 Å². The fraction of sp³-hybridized carbons (Fsp3) is 0.316. The highest BCUT2D eigenvalue weighted by Crippen LogP contribution is 2.37. The maximum Gasteiger partial charge on any atom is 0.418 e. The number of alkyl halides is 3. The summed E-state index contributed by atoms with van der Waals surface area (Å²) in [5.41, 5.74) is 1.10. The molecule has 0 aliphatic rings. The van der Waals surface area contributed by atoms with Crippen LogP contribution in [-0.2, 0) is 11.0 Å². The van der Waals surface area contributed by atoms with Crippen LogP contribution in [0.4, 0.5) is 24.5 Å². The van der Waals surface area contributed by atoms with Crippen LogP contribution in [0.1, 0.15) is 16.7 Å². The van der Waals surface area contributed by atoms with Crippen LogP contribution in [0.15, 0.2) is 36.4 Å². The molecule has 0 unspecified atom stereocenters. The summed E-state index contributed by atoms with van der Waals surface area (Å²) in [4.78, 5) is 13.6. The first-order chi connectivity index (χ1) is 12.1. The van der Waals surface area contributed by atoms with E-state index in [2.05, 4.69) is 5.32 Å². The van der Waals surface area contributed by atoms with Gasteiger partial charge in [-0.2, -0.15) is 13.2 Å². The zero-order chi connectivity index (χ0) is 19.5. The summed E-state index contributed by atoms with van der Waals surface area (Å²) in [6.07, 6.45) is -4.58. The molecule has 4 nitrogen and oxygen atoms in total. The van der Waals surface area contributed by atoms with Crippen molar-refractivity contribution >= 4 is 17.3 Å². The van der Waals surface area contributed by atoms with Gasteiger partial charge in [0.2, 0.25) is 0 Å². The number of halogens is 3. The normalized spacial score (nSPS) is 11.2. The van der Waals surface area contributed by atoms with Crippen molar-refractivity contribution in [3.8, 4) is 5.75 Å². The average Bonchev–Trinajstić information content (AvgIpc) is 2.53. The third-order valence-electron chi connectivity index (χ3n) is 3.79. The molecule has 0 saturated heterocycles. The molecule has 140 valence electrons. The Bertz CT molecular complexity index is 802. The number of hydrogen-bond acceptors (Lipinski definition) is 3. The van der Waals surface area contributed by atoms with E-state index in [-0.39, 0.29) is 12.3 Å². The highest BCUT2D eigenvalue weighted by atomic mass is 19.4. The molecule has 0 heterocycles. The van der Waals surface area contributed by atoms with Crippen LogP contribution in [0.5, 0.6) is 5.75 Å². The zero-order valence-corrected chi connectivity index (χ0v) is 15.1. The van der Waals surface area contributed by atoms with Gasteiger partial charge in [0.15, 0.2) is 6.61 Å². The van der Waals surface area contributed by atoms with E-state index >= 15 is 0 Å². The van der Waals surface area contributed by atoms with Crippen molar-refractivity contribution in [3.63, 3.8) is 0 Å². The van der Waals surface area contributed by atoms with Crippen molar-refractivity contribution in [1.82, 2.24) is 0 Å². The minimum Gasteiger partial charge on any atom is -0.483 e. The number of anilines is 2. The SMILES string of the molecule is Cc1ccc(OCC(=O)Nc2ccc(N(C)C)cc2C(F)(F)F)c(C)c1. The summed E-state index contributed by atoms with van der Waals surface area (Å²) in [6.45, 7) is 3.39. The first kappa shape index (κ1) is 19.6. The third kappa shape index (κ3) is 4.91. The van der Waals surface area contributed by atoms with Crippen LogP contribution in [0.3, 0.4) is 0 Å². The number of rotatable bonds is 5. The standard InChI is InChI=1S/C19H21F3N2O2/c1-12-5-8-17(13(2)9-12)26-11-18(25)23-16-7-6-14(24(3)4)10-15(16)19(20,21)22/h5-10H,11H2,1-4H3,(H,23,25). The molecule has 26 heavy (non-hydrogen) atoms. The lowest BCUT2D eigenvalue weighted by Gasteiger charge is -2.19. The Hall–Kier alpha value is -2.70. The molecule has 2 aromatic rings. The highest BCUT2D eigenvalue weighted by molar-refractivity contribution is 5.93. The van der Waals surface area contributed by atoms with E-state index in [9.17, 15) is 18.0 Å². The minimum atomic E-state index is -4.58. The molecule has 0 fully saturated rings. The van der Waals surface area contributed by atoms with Gasteiger partial charge in [-0.05, 0) is 43.7 Å². The van der Waals surface area contributed by atoms with Gasteiger partial charge in [-0.1, -0.05) is 17.7 Å². The number of carbonyl (C=O) groups is 1. The predicted molar refractivity (Wildman–Crippen MR) is 95.8 cm³/mol. The molecule has 0 bridgehead atoms. The molecule has 0 spiro atoms. The zero-order valence-electron chi connectivity index (χ0n) is 15.1. The number of carbonyl (C=O) groups excluding carboxylic acids is 1. The second-order valence-corrected chi connectivity index (χ2v) is 6.23. The van der Waals surface area contributed by atoms with E-state index in [0.29, 0.717) is 11.4 Å². The molecule has 1 amide bonds. The summed E-state index contributed by atoms with van der Waals surface area (Å²) < 4.78 is 45.3. The lowest BCUT2D eigenvalue weighted by Crippen LogP contribution is -2.23. The minimum absolute atomic E-state index is 0.294. The Morgan fingerprint density at radius 3 is 2.38 bits per heavy atom. The molecule has 0 saturated carbocycles. The van der Waals surface area contributed by atoms with Crippen molar-refractivity contribution in [3.05, 3.63) is 53.1 Å².